The zero-order valence-corrected chi connectivity index (χ0v) is 15.3. The van der Waals surface area contributed by atoms with E-state index in [2.05, 4.69) is 58.7 Å². The van der Waals surface area contributed by atoms with Gasteiger partial charge in [-0.1, -0.05) is 38.2 Å². The summed E-state index contributed by atoms with van der Waals surface area (Å²) in [5.74, 6) is -0.00920. The summed E-state index contributed by atoms with van der Waals surface area (Å²) in [5, 5.41) is 14.8. The highest BCUT2D eigenvalue weighted by Crippen LogP contribution is 2.34. The Labute approximate surface area is 144 Å². The van der Waals surface area contributed by atoms with E-state index in [-0.39, 0.29) is 11.3 Å². The number of carbonyl (C=O) groups excluding carboxylic acids is 1. The number of amides is 1. The topological polar surface area (TPSA) is 58.1 Å². The molecule has 3 heterocycles. The van der Waals surface area contributed by atoms with E-state index in [4.69, 9.17) is 0 Å². The van der Waals surface area contributed by atoms with Crippen molar-refractivity contribution >= 4 is 33.7 Å². The van der Waals surface area contributed by atoms with Gasteiger partial charge in [0.05, 0.1) is 6.54 Å². The minimum Gasteiger partial charge on any atom is -0.299 e. The van der Waals surface area contributed by atoms with Crippen LogP contribution in [0.15, 0.2) is 17.5 Å². The molecular weight excluding hydrogens is 328 g/mol. The van der Waals surface area contributed by atoms with E-state index in [1.807, 2.05) is 0 Å². The average molecular weight is 351 g/mol. The van der Waals surface area contributed by atoms with Crippen LogP contribution in [0.1, 0.15) is 49.5 Å². The van der Waals surface area contributed by atoms with Gasteiger partial charge < -0.3 is 0 Å². The Balaban J connectivity index is 1.60. The molecule has 1 aliphatic heterocycles. The van der Waals surface area contributed by atoms with Crippen molar-refractivity contribution in [1.29, 1.82) is 0 Å². The van der Waals surface area contributed by atoms with Crippen LogP contribution >= 0.6 is 22.7 Å². The van der Waals surface area contributed by atoms with Crippen LogP contribution in [0.5, 0.6) is 0 Å². The molecule has 1 aliphatic rings. The van der Waals surface area contributed by atoms with E-state index < -0.39 is 0 Å². The summed E-state index contributed by atoms with van der Waals surface area (Å²) in [7, 11) is 0. The van der Waals surface area contributed by atoms with Crippen molar-refractivity contribution in [2.75, 3.05) is 18.4 Å². The van der Waals surface area contributed by atoms with E-state index in [0.717, 1.165) is 24.4 Å². The second kappa shape index (κ2) is 6.67. The SMILES string of the molecule is CC(C)(C)c1nnc(NC(=O)CN2CCCC2c2cccs2)s1. The molecule has 2 aromatic rings. The van der Waals surface area contributed by atoms with Gasteiger partial charge in [0.2, 0.25) is 11.0 Å². The van der Waals surface area contributed by atoms with E-state index in [9.17, 15) is 4.79 Å². The highest BCUT2D eigenvalue weighted by atomic mass is 32.1. The summed E-state index contributed by atoms with van der Waals surface area (Å²) in [5.41, 5.74) is -0.0418. The van der Waals surface area contributed by atoms with Crippen molar-refractivity contribution in [2.24, 2.45) is 0 Å². The summed E-state index contributed by atoms with van der Waals surface area (Å²) in [6.07, 6.45) is 2.27. The zero-order valence-electron chi connectivity index (χ0n) is 13.7. The molecule has 0 spiro atoms. The molecule has 23 heavy (non-hydrogen) atoms. The molecule has 1 N–H and O–H groups in total. The van der Waals surface area contributed by atoms with Crippen molar-refractivity contribution in [3.63, 3.8) is 0 Å². The van der Waals surface area contributed by atoms with Gasteiger partial charge in [-0.15, -0.1) is 21.5 Å². The van der Waals surface area contributed by atoms with Gasteiger partial charge in [0.25, 0.3) is 0 Å². The van der Waals surface area contributed by atoms with Gasteiger partial charge >= 0.3 is 0 Å². The summed E-state index contributed by atoms with van der Waals surface area (Å²) in [6, 6.07) is 4.61. The summed E-state index contributed by atoms with van der Waals surface area (Å²) < 4.78 is 0. The molecule has 1 atom stereocenters. The number of thiophene rings is 1. The van der Waals surface area contributed by atoms with Gasteiger partial charge in [-0.25, -0.2) is 0 Å². The van der Waals surface area contributed by atoms with Crippen molar-refractivity contribution in [3.05, 3.63) is 27.4 Å². The van der Waals surface area contributed by atoms with Crippen molar-refractivity contribution in [2.45, 2.75) is 45.1 Å². The highest BCUT2D eigenvalue weighted by Gasteiger charge is 2.28. The molecule has 1 amide bonds. The molecule has 1 unspecified atom stereocenters. The Hall–Kier alpha value is -1.31. The number of nitrogens with zero attached hydrogens (tertiary/aromatic N) is 3. The Kier molecular flexibility index (Phi) is 4.79. The quantitative estimate of drug-likeness (QED) is 0.914. The third-order valence-corrected chi connectivity index (χ3v) is 6.13. The maximum atomic E-state index is 12.3. The molecule has 2 aromatic heterocycles. The Morgan fingerprint density at radius 1 is 1.43 bits per heavy atom. The number of likely N-dealkylation sites (tertiary alicyclic amines) is 1. The van der Waals surface area contributed by atoms with Gasteiger partial charge in [0.15, 0.2) is 0 Å². The molecule has 5 nitrogen and oxygen atoms in total. The van der Waals surface area contributed by atoms with Gasteiger partial charge in [-0.3, -0.25) is 15.0 Å². The molecule has 7 heteroatoms. The lowest BCUT2D eigenvalue weighted by atomic mass is 9.98. The zero-order chi connectivity index (χ0) is 16.4. The Morgan fingerprint density at radius 2 is 2.26 bits per heavy atom. The number of hydrogen-bond acceptors (Lipinski definition) is 6. The van der Waals surface area contributed by atoms with Crippen molar-refractivity contribution < 1.29 is 4.79 Å². The van der Waals surface area contributed by atoms with E-state index in [1.54, 1.807) is 11.3 Å². The normalized spacial score (nSPS) is 19.2. The first kappa shape index (κ1) is 16.5. The second-order valence-corrected chi connectivity index (χ2v) is 8.81. The number of anilines is 1. The third-order valence-electron chi connectivity index (χ3n) is 3.89. The maximum absolute atomic E-state index is 12.3. The summed E-state index contributed by atoms with van der Waals surface area (Å²) in [6.45, 7) is 7.66. The largest absolute Gasteiger partial charge is 0.299 e. The minimum atomic E-state index is -0.0418. The molecular formula is C16H22N4OS2. The molecule has 0 aromatic carbocycles. The number of carbonyl (C=O) groups is 1. The molecule has 1 fully saturated rings. The van der Waals surface area contributed by atoms with Crippen LogP contribution < -0.4 is 5.32 Å². The highest BCUT2D eigenvalue weighted by molar-refractivity contribution is 7.15. The van der Waals surface area contributed by atoms with Crippen molar-refractivity contribution in [3.8, 4) is 0 Å². The average Bonchev–Trinajstić information content (AvgIpc) is 3.17. The minimum absolute atomic E-state index is 0.00920. The van der Waals surface area contributed by atoms with Crippen LogP contribution in [-0.4, -0.2) is 34.1 Å². The fraction of sp³-hybridized carbons (Fsp3) is 0.562. The maximum Gasteiger partial charge on any atom is 0.240 e. The first-order valence-corrected chi connectivity index (χ1v) is 9.54. The van der Waals surface area contributed by atoms with Crippen LogP contribution in [0.4, 0.5) is 5.13 Å². The number of rotatable bonds is 4. The van der Waals surface area contributed by atoms with Crippen molar-refractivity contribution in [1.82, 2.24) is 15.1 Å². The van der Waals surface area contributed by atoms with Crippen LogP contribution in [0.3, 0.4) is 0 Å². The van der Waals surface area contributed by atoms with E-state index >= 15 is 0 Å². The first-order valence-electron chi connectivity index (χ1n) is 7.85. The Bertz CT molecular complexity index is 660. The fourth-order valence-corrected chi connectivity index (χ4v) is 4.45. The lowest BCUT2D eigenvalue weighted by Crippen LogP contribution is -2.32. The molecule has 3 rings (SSSR count). The lowest BCUT2D eigenvalue weighted by Gasteiger charge is -2.22. The van der Waals surface area contributed by atoms with Crippen LogP contribution in [0.2, 0.25) is 0 Å². The van der Waals surface area contributed by atoms with Gasteiger partial charge in [-0.05, 0) is 30.8 Å². The predicted octanol–water partition coefficient (Wildman–Crippen LogP) is 3.67. The lowest BCUT2D eigenvalue weighted by molar-refractivity contribution is -0.117. The van der Waals surface area contributed by atoms with E-state index in [1.165, 1.54) is 16.2 Å². The monoisotopic (exact) mass is 350 g/mol. The summed E-state index contributed by atoms with van der Waals surface area (Å²) in [4.78, 5) is 15.9. The van der Waals surface area contributed by atoms with E-state index in [0.29, 0.717) is 17.7 Å². The van der Waals surface area contributed by atoms with Crippen LogP contribution in [0, 0.1) is 0 Å². The molecule has 1 saturated heterocycles. The third kappa shape index (κ3) is 3.97. The number of aromatic nitrogens is 2. The Morgan fingerprint density at radius 3 is 2.91 bits per heavy atom. The van der Waals surface area contributed by atoms with Gasteiger partial charge in [0.1, 0.15) is 5.01 Å². The van der Waals surface area contributed by atoms with Gasteiger partial charge in [0, 0.05) is 16.3 Å². The standard InChI is InChI=1S/C16H22N4OS2/c1-16(2,3)14-18-19-15(23-14)17-13(21)10-20-8-4-6-11(20)12-7-5-9-22-12/h5,7,9,11H,4,6,8,10H2,1-3H3,(H,17,19,21). The molecule has 0 radical (unpaired) electrons. The molecule has 0 bridgehead atoms. The predicted molar refractivity (Wildman–Crippen MR) is 95.1 cm³/mol. The molecule has 124 valence electrons. The number of nitrogens with one attached hydrogen (secondary N) is 1. The summed E-state index contributed by atoms with van der Waals surface area (Å²) >= 11 is 3.22. The van der Waals surface area contributed by atoms with Crippen LogP contribution in [-0.2, 0) is 10.2 Å². The fourth-order valence-electron chi connectivity index (χ4n) is 2.74. The molecule has 0 aliphatic carbocycles. The second-order valence-electron chi connectivity index (χ2n) is 6.85. The smallest absolute Gasteiger partial charge is 0.240 e. The van der Waals surface area contributed by atoms with Gasteiger partial charge in [-0.2, -0.15) is 0 Å². The number of hydrogen-bond donors (Lipinski definition) is 1. The molecule has 0 saturated carbocycles. The van der Waals surface area contributed by atoms with Crippen LogP contribution in [0.25, 0.3) is 0 Å². The first-order chi connectivity index (χ1) is 10.9.